The van der Waals surface area contributed by atoms with E-state index in [2.05, 4.69) is 5.32 Å². The van der Waals surface area contributed by atoms with Gasteiger partial charge in [0.2, 0.25) is 0 Å². The molecule has 0 aliphatic carbocycles. The molecule has 0 bridgehead atoms. The Kier molecular flexibility index (Phi) is 3.99. The average Bonchev–Trinajstić information content (AvgIpc) is 2.16. The summed E-state index contributed by atoms with van der Waals surface area (Å²) in [5, 5.41) is 2.89. The molecule has 0 aliphatic rings. The third-order valence-electron chi connectivity index (χ3n) is 1.49. The highest BCUT2D eigenvalue weighted by Crippen LogP contribution is 2.07. The van der Waals surface area contributed by atoms with Crippen molar-refractivity contribution in [3.8, 4) is 5.75 Å². The second-order valence-electron chi connectivity index (χ2n) is 2.57. The number of nitrogens with one attached hydrogen (secondary N) is 1. The van der Waals surface area contributed by atoms with Crippen molar-refractivity contribution >= 4 is 5.97 Å². The first kappa shape index (κ1) is 9.74. The van der Waals surface area contributed by atoms with Crippen LogP contribution in [0.1, 0.15) is 6.92 Å². The maximum absolute atomic E-state index is 11.1. The lowest BCUT2D eigenvalue weighted by Gasteiger charge is -2.03. The number of para-hydroxylation sites is 1. The van der Waals surface area contributed by atoms with E-state index >= 15 is 0 Å². The monoisotopic (exact) mass is 179 g/mol. The van der Waals surface area contributed by atoms with E-state index in [0.717, 1.165) is 6.54 Å². The fourth-order valence-corrected chi connectivity index (χ4v) is 0.883. The minimum atomic E-state index is -0.256. The highest BCUT2D eigenvalue weighted by molar-refractivity contribution is 5.74. The number of benzene rings is 1. The van der Waals surface area contributed by atoms with E-state index in [1.54, 1.807) is 12.1 Å². The number of carbonyl (C=O) groups is 1. The molecule has 0 spiro atoms. The molecule has 1 N–H and O–H groups in total. The molecule has 0 aromatic heterocycles. The molecule has 1 aromatic carbocycles. The van der Waals surface area contributed by atoms with Crippen molar-refractivity contribution in [2.75, 3.05) is 13.1 Å². The second kappa shape index (κ2) is 5.32. The van der Waals surface area contributed by atoms with E-state index in [0.29, 0.717) is 5.75 Å². The Morgan fingerprint density at radius 3 is 2.69 bits per heavy atom. The Hall–Kier alpha value is -1.35. The first-order valence-electron chi connectivity index (χ1n) is 4.29. The van der Waals surface area contributed by atoms with Crippen LogP contribution in [0.3, 0.4) is 0 Å². The van der Waals surface area contributed by atoms with Gasteiger partial charge < -0.3 is 10.1 Å². The Bertz CT molecular complexity index is 259. The molecule has 13 heavy (non-hydrogen) atoms. The number of ether oxygens (including phenoxy) is 1. The molecule has 1 aromatic rings. The molecule has 0 radical (unpaired) electrons. The minimum Gasteiger partial charge on any atom is -0.426 e. The fourth-order valence-electron chi connectivity index (χ4n) is 0.883. The van der Waals surface area contributed by atoms with Crippen LogP contribution in [-0.4, -0.2) is 19.1 Å². The van der Waals surface area contributed by atoms with E-state index in [9.17, 15) is 4.79 Å². The van der Waals surface area contributed by atoms with E-state index in [1.807, 2.05) is 25.1 Å². The molecule has 1 rings (SSSR count). The maximum atomic E-state index is 11.1. The molecule has 0 saturated carbocycles. The van der Waals surface area contributed by atoms with Gasteiger partial charge in [0.1, 0.15) is 5.75 Å². The van der Waals surface area contributed by atoms with Gasteiger partial charge in [-0.05, 0) is 18.7 Å². The molecule has 0 fully saturated rings. The van der Waals surface area contributed by atoms with Crippen LogP contribution >= 0.6 is 0 Å². The number of likely N-dealkylation sites (N-methyl/N-ethyl adjacent to an activating group) is 1. The lowest BCUT2D eigenvalue weighted by Crippen LogP contribution is -2.26. The molecule has 0 saturated heterocycles. The number of rotatable bonds is 4. The SMILES string of the molecule is CCNCC(=O)Oc1ccccc1. The summed E-state index contributed by atoms with van der Waals surface area (Å²) in [7, 11) is 0. The van der Waals surface area contributed by atoms with Crippen LogP contribution in [0.5, 0.6) is 5.75 Å². The van der Waals surface area contributed by atoms with Gasteiger partial charge in [-0.3, -0.25) is 4.79 Å². The topological polar surface area (TPSA) is 38.3 Å². The first-order chi connectivity index (χ1) is 6.33. The summed E-state index contributed by atoms with van der Waals surface area (Å²) in [5.41, 5.74) is 0. The Morgan fingerprint density at radius 1 is 1.38 bits per heavy atom. The maximum Gasteiger partial charge on any atom is 0.325 e. The summed E-state index contributed by atoms with van der Waals surface area (Å²) < 4.78 is 5.02. The quantitative estimate of drug-likeness (QED) is 0.557. The predicted octanol–water partition coefficient (Wildman–Crippen LogP) is 1.20. The zero-order valence-electron chi connectivity index (χ0n) is 7.62. The number of hydrogen-bond acceptors (Lipinski definition) is 3. The van der Waals surface area contributed by atoms with Crippen molar-refractivity contribution in [1.82, 2.24) is 5.32 Å². The van der Waals surface area contributed by atoms with Gasteiger partial charge in [0, 0.05) is 0 Å². The summed E-state index contributed by atoms with van der Waals surface area (Å²) >= 11 is 0. The Balaban J connectivity index is 2.37. The van der Waals surface area contributed by atoms with Crippen molar-refractivity contribution in [1.29, 1.82) is 0 Å². The zero-order chi connectivity index (χ0) is 9.52. The van der Waals surface area contributed by atoms with Gasteiger partial charge in [-0.25, -0.2) is 0 Å². The van der Waals surface area contributed by atoms with Crippen molar-refractivity contribution in [2.45, 2.75) is 6.92 Å². The molecule has 0 amide bonds. The molecule has 70 valence electrons. The summed E-state index contributed by atoms with van der Waals surface area (Å²) in [6, 6.07) is 9.04. The fraction of sp³-hybridized carbons (Fsp3) is 0.300. The van der Waals surface area contributed by atoms with Crippen molar-refractivity contribution in [2.24, 2.45) is 0 Å². The minimum absolute atomic E-state index is 0.255. The summed E-state index contributed by atoms with van der Waals surface area (Å²) in [6.07, 6.45) is 0. The van der Waals surface area contributed by atoms with Gasteiger partial charge in [-0.2, -0.15) is 0 Å². The first-order valence-corrected chi connectivity index (χ1v) is 4.29. The summed E-state index contributed by atoms with van der Waals surface area (Å²) in [6.45, 7) is 2.96. The lowest BCUT2D eigenvalue weighted by atomic mass is 10.3. The molecule has 0 heterocycles. The Labute approximate surface area is 77.7 Å². The smallest absolute Gasteiger partial charge is 0.325 e. The second-order valence-corrected chi connectivity index (χ2v) is 2.57. The highest BCUT2D eigenvalue weighted by atomic mass is 16.5. The van der Waals surface area contributed by atoms with E-state index < -0.39 is 0 Å². The van der Waals surface area contributed by atoms with Crippen LogP contribution in [-0.2, 0) is 4.79 Å². The molecular formula is C10H13NO2. The van der Waals surface area contributed by atoms with Gasteiger partial charge in [0.05, 0.1) is 6.54 Å². The highest BCUT2D eigenvalue weighted by Gasteiger charge is 2.01. The number of hydrogen-bond donors (Lipinski definition) is 1. The zero-order valence-corrected chi connectivity index (χ0v) is 7.62. The molecule has 3 heteroatoms. The van der Waals surface area contributed by atoms with Gasteiger partial charge in [0.25, 0.3) is 0 Å². The predicted molar refractivity (Wildman–Crippen MR) is 50.6 cm³/mol. The van der Waals surface area contributed by atoms with Crippen LogP contribution < -0.4 is 10.1 Å². The van der Waals surface area contributed by atoms with Gasteiger partial charge in [-0.1, -0.05) is 25.1 Å². The normalized spacial score (nSPS) is 9.62. The molecular weight excluding hydrogens is 166 g/mol. The Morgan fingerprint density at radius 2 is 2.08 bits per heavy atom. The molecule has 0 aliphatic heterocycles. The molecule has 0 unspecified atom stereocenters. The van der Waals surface area contributed by atoms with Crippen LogP contribution in [0.15, 0.2) is 30.3 Å². The van der Waals surface area contributed by atoms with Crippen molar-refractivity contribution in [3.63, 3.8) is 0 Å². The molecule has 3 nitrogen and oxygen atoms in total. The van der Waals surface area contributed by atoms with Crippen LogP contribution in [0.25, 0.3) is 0 Å². The average molecular weight is 179 g/mol. The van der Waals surface area contributed by atoms with E-state index in [-0.39, 0.29) is 12.5 Å². The lowest BCUT2D eigenvalue weighted by molar-refractivity contribution is -0.133. The summed E-state index contributed by atoms with van der Waals surface area (Å²) in [4.78, 5) is 11.1. The van der Waals surface area contributed by atoms with E-state index in [1.165, 1.54) is 0 Å². The number of carbonyl (C=O) groups excluding carboxylic acids is 1. The number of esters is 1. The van der Waals surface area contributed by atoms with Crippen molar-refractivity contribution in [3.05, 3.63) is 30.3 Å². The molecule has 0 atom stereocenters. The standard InChI is InChI=1S/C10H13NO2/c1-2-11-8-10(12)13-9-6-4-3-5-7-9/h3-7,11H,2,8H2,1H3. The van der Waals surface area contributed by atoms with Gasteiger partial charge in [-0.15, -0.1) is 0 Å². The van der Waals surface area contributed by atoms with Gasteiger partial charge in [0.15, 0.2) is 0 Å². The van der Waals surface area contributed by atoms with Gasteiger partial charge >= 0.3 is 5.97 Å². The summed E-state index contributed by atoms with van der Waals surface area (Å²) in [5.74, 6) is 0.332. The van der Waals surface area contributed by atoms with Crippen LogP contribution in [0, 0.1) is 0 Å². The van der Waals surface area contributed by atoms with Crippen molar-refractivity contribution < 1.29 is 9.53 Å². The van der Waals surface area contributed by atoms with Crippen LogP contribution in [0.2, 0.25) is 0 Å². The van der Waals surface area contributed by atoms with E-state index in [4.69, 9.17) is 4.74 Å². The third-order valence-corrected chi connectivity index (χ3v) is 1.49. The largest absolute Gasteiger partial charge is 0.426 e. The van der Waals surface area contributed by atoms with Crippen LogP contribution in [0.4, 0.5) is 0 Å². The third kappa shape index (κ3) is 3.71.